The molecule has 2 nitrogen and oxygen atoms in total. The summed E-state index contributed by atoms with van der Waals surface area (Å²) < 4.78 is 0.611. The highest BCUT2D eigenvalue weighted by molar-refractivity contribution is 7.55. The van der Waals surface area contributed by atoms with Crippen LogP contribution < -0.4 is 10.2 Å². The van der Waals surface area contributed by atoms with E-state index in [1.807, 2.05) is 0 Å². The number of aromatic nitrogens is 1. The Balaban J connectivity index is 3.14. The molecule has 0 saturated carbocycles. The van der Waals surface area contributed by atoms with Gasteiger partial charge in [-0.2, -0.15) is 0 Å². The molecule has 0 amide bonds. The van der Waals surface area contributed by atoms with Gasteiger partial charge in [-0.05, 0) is 21.6 Å². The molecule has 2 unspecified atom stereocenters. The highest BCUT2D eigenvalue weighted by atomic mass is 29.3. The number of hydrogen-bond acceptors (Lipinski definition) is 2. The van der Waals surface area contributed by atoms with E-state index in [1.54, 1.807) is 5.32 Å². The fourth-order valence-electron chi connectivity index (χ4n) is 8.07. The summed E-state index contributed by atoms with van der Waals surface area (Å²) in [5.74, 6) is 0. The van der Waals surface area contributed by atoms with Gasteiger partial charge in [-0.15, -0.1) is 0 Å². The molecule has 1 saturated heterocycles. The van der Waals surface area contributed by atoms with Crippen molar-refractivity contribution < 1.29 is 0 Å². The van der Waals surface area contributed by atoms with E-state index < -0.39 is 39.4 Å². The third-order valence-electron chi connectivity index (χ3n) is 8.46. The Morgan fingerprint density at radius 2 is 1.40 bits per heavy atom. The highest BCUT2D eigenvalue weighted by Gasteiger charge is 2.76. The van der Waals surface area contributed by atoms with Gasteiger partial charge in [-0.3, -0.25) is 4.98 Å². The van der Waals surface area contributed by atoms with Gasteiger partial charge in [0.15, 0.2) is 0 Å². The fraction of sp³-hybridized carbons (Fsp3) is 0.783. The molecule has 172 valence electrons. The molecule has 1 fully saturated rings. The van der Waals surface area contributed by atoms with E-state index in [0.29, 0.717) is 4.28 Å². The lowest BCUT2D eigenvalue weighted by atomic mass is 10.4. The summed E-state index contributed by atoms with van der Waals surface area (Å²) in [6, 6.07) is 4.79. The zero-order valence-corrected chi connectivity index (χ0v) is 27.6. The first-order valence-electron chi connectivity index (χ1n) is 11.9. The van der Waals surface area contributed by atoms with Crippen LogP contribution in [0.5, 0.6) is 0 Å². The minimum Gasteiger partial charge on any atom is -0.378 e. The summed E-state index contributed by atoms with van der Waals surface area (Å²) >= 11 is 0. The molecule has 0 spiro atoms. The van der Waals surface area contributed by atoms with Gasteiger partial charge in [0, 0.05) is 63.1 Å². The lowest BCUT2D eigenvalue weighted by Crippen LogP contribution is -2.83. The molecule has 0 aliphatic carbocycles. The van der Waals surface area contributed by atoms with Gasteiger partial charge in [0.1, 0.15) is 7.59 Å². The van der Waals surface area contributed by atoms with E-state index in [1.165, 1.54) is 18.5 Å². The largest absolute Gasteiger partial charge is 0.378 e. The van der Waals surface area contributed by atoms with Crippen molar-refractivity contribution in [2.45, 2.75) is 101 Å². The SMILES string of the molecule is CN(C)c1ccnc([Si]2([Si](C)(C)C)C([Si](C)(C)C)CCC2([Si](C)(C)C)[Si](C)(C)C)c1. The average Bonchev–Trinajstić information content (AvgIpc) is 2.92. The van der Waals surface area contributed by atoms with Crippen LogP contribution in [-0.4, -0.2) is 58.5 Å². The Hall–Kier alpha value is 0.0344. The third-order valence-corrected chi connectivity index (χ3v) is 50.7. The quantitative estimate of drug-likeness (QED) is 0.406. The second kappa shape index (κ2) is 7.82. The minimum atomic E-state index is -1.92. The predicted molar refractivity (Wildman–Crippen MR) is 153 cm³/mol. The molecule has 0 N–H and O–H groups in total. The Labute approximate surface area is 193 Å². The van der Waals surface area contributed by atoms with Crippen LogP contribution in [0.4, 0.5) is 5.69 Å². The maximum Gasteiger partial charge on any atom is 0.104 e. The van der Waals surface area contributed by atoms with Crippen LogP contribution in [0.15, 0.2) is 18.3 Å². The Morgan fingerprint density at radius 3 is 1.77 bits per heavy atom. The second-order valence-electron chi connectivity index (χ2n) is 14.2. The number of hydrogen-bond donors (Lipinski definition) is 0. The Bertz CT molecular complexity index is 752. The van der Waals surface area contributed by atoms with E-state index in [0.717, 1.165) is 5.16 Å². The van der Waals surface area contributed by atoms with Gasteiger partial charge in [-0.25, -0.2) is 0 Å². The molecule has 1 aliphatic heterocycles. The first kappa shape index (κ1) is 26.3. The van der Waals surface area contributed by atoms with Gasteiger partial charge in [0.05, 0.1) is 0 Å². The summed E-state index contributed by atoms with van der Waals surface area (Å²) in [4.78, 5) is 7.66. The topological polar surface area (TPSA) is 16.1 Å². The van der Waals surface area contributed by atoms with Crippen LogP contribution in [-0.2, 0) is 0 Å². The van der Waals surface area contributed by atoms with Gasteiger partial charge in [0.25, 0.3) is 0 Å². The van der Waals surface area contributed by atoms with Gasteiger partial charge >= 0.3 is 0 Å². The Morgan fingerprint density at radius 1 is 0.900 bits per heavy atom. The van der Waals surface area contributed by atoms with Crippen LogP contribution in [0.2, 0.25) is 88.0 Å². The predicted octanol–water partition coefficient (Wildman–Crippen LogP) is 6.76. The summed E-state index contributed by atoms with van der Waals surface area (Å²) in [6.07, 6.45) is 5.13. The molecule has 0 aromatic carbocycles. The molecular weight excluding hydrogens is 445 g/mol. The molecule has 2 rings (SSSR count). The van der Waals surface area contributed by atoms with Crippen molar-refractivity contribution in [1.82, 2.24) is 4.98 Å². The number of rotatable bonds is 6. The number of anilines is 1. The van der Waals surface area contributed by atoms with Crippen LogP contribution in [0.3, 0.4) is 0 Å². The molecule has 1 aliphatic rings. The van der Waals surface area contributed by atoms with Gasteiger partial charge in [0.2, 0.25) is 0 Å². The lowest BCUT2D eigenvalue weighted by Gasteiger charge is -2.65. The van der Waals surface area contributed by atoms with Crippen molar-refractivity contribution in [2.75, 3.05) is 19.0 Å². The molecule has 2 heterocycles. The number of pyridine rings is 1. The molecule has 7 heteroatoms. The summed E-state index contributed by atoms with van der Waals surface area (Å²) in [5, 5.41) is 2.56. The number of nitrogens with zero attached hydrogens (tertiary/aromatic N) is 2. The maximum atomic E-state index is 5.36. The molecule has 30 heavy (non-hydrogen) atoms. The minimum absolute atomic E-state index is 0.611. The monoisotopic (exact) mass is 494 g/mol. The van der Waals surface area contributed by atoms with Crippen molar-refractivity contribution >= 4 is 50.4 Å². The van der Waals surface area contributed by atoms with Crippen LogP contribution in [0.25, 0.3) is 0 Å². The van der Waals surface area contributed by atoms with Crippen LogP contribution in [0, 0.1) is 0 Å². The Kier molecular flexibility index (Phi) is 6.85. The van der Waals surface area contributed by atoms with Crippen molar-refractivity contribution in [3.05, 3.63) is 18.3 Å². The molecular formula is C23H50N2Si5. The summed E-state index contributed by atoms with van der Waals surface area (Å²) in [6.45, 7) is 32.7. The van der Waals surface area contributed by atoms with E-state index >= 15 is 0 Å². The standard InChI is InChI=1S/C23H50N2Si5/c1-25(2)20-16-18-24-21(19-20)30(29(12,13)14)22(26(3,4)5)15-17-23(30,27(6,7)8)28(9,10)11/h16,18-19,22H,15,17H2,1-14H3. The van der Waals surface area contributed by atoms with Crippen LogP contribution in [0.1, 0.15) is 12.8 Å². The lowest BCUT2D eigenvalue weighted by molar-refractivity contribution is 0.798. The van der Waals surface area contributed by atoms with E-state index in [2.05, 4.69) is 116 Å². The van der Waals surface area contributed by atoms with Crippen LogP contribution >= 0.6 is 0 Å². The summed E-state index contributed by atoms with van der Waals surface area (Å²) in [7, 11) is -3.38. The van der Waals surface area contributed by atoms with Crippen molar-refractivity contribution in [3.8, 4) is 0 Å². The van der Waals surface area contributed by atoms with Gasteiger partial charge < -0.3 is 4.90 Å². The zero-order chi connectivity index (χ0) is 23.6. The van der Waals surface area contributed by atoms with Crippen molar-refractivity contribution in [1.29, 1.82) is 0 Å². The fourth-order valence-corrected chi connectivity index (χ4v) is 76.4. The first-order valence-corrected chi connectivity index (χ1v) is 29.0. The maximum absolute atomic E-state index is 5.36. The molecule has 0 bridgehead atoms. The molecule has 1 aromatic rings. The van der Waals surface area contributed by atoms with Crippen molar-refractivity contribution in [3.63, 3.8) is 0 Å². The van der Waals surface area contributed by atoms with E-state index in [9.17, 15) is 0 Å². The summed E-state index contributed by atoms with van der Waals surface area (Å²) in [5.41, 5.74) is 1.35. The van der Waals surface area contributed by atoms with Crippen molar-refractivity contribution in [2.24, 2.45) is 0 Å². The highest BCUT2D eigenvalue weighted by Crippen LogP contribution is 2.69. The zero-order valence-electron chi connectivity index (χ0n) is 22.6. The average molecular weight is 495 g/mol. The molecule has 1 aromatic heterocycles. The molecule has 0 radical (unpaired) electrons. The third kappa shape index (κ3) is 3.74. The second-order valence-corrected chi connectivity index (χ2v) is 47.5. The van der Waals surface area contributed by atoms with Gasteiger partial charge in [-0.1, -0.05) is 91.4 Å². The van der Waals surface area contributed by atoms with E-state index in [-0.39, 0.29) is 0 Å². The normalized spacial score (nSPS) is 25.5. The van der Waals surface area contributed by atoms with E-state index in [4.69, 9.17) is 4.98 Å². The molecule has 2 atom stereocenters. The smallest absolute Gasteiger partial charge is 0.104 e. The first-order chi connectivity index (χ1) is 13.2.